The maximum absolute atomic E-state index is 12.9. The van der Waals surface area contributed by atoms with Crippen LogP contribution in [0.15, 0.2) is 52.0 Å². The number of carbonyl (C=O) groups is 2. The highest BCUT2D eigenvalue weighted by atomic mass is 79.9. The average Bonchev–Trinajstić information content (AvgIpc) is 3.00. The Bertz CT molecular complexity index is 1560. The smallest absolute Gasteiger partial charge is 0.251 e. The first-order valence-electron chi connectivity index (χ1n) is 15.6. The van der Waals surface area contributed by atoms with E-state index in [4.69, 9.17) is 5.73 Å². The van der Waals surface area contributed by atoms with Crippen LogP contribution in [-0.4, -0.2) is 36.6 Å². The Balaban J connectivity index is 1.47. The van der Waals surface area contributed by atoms with Crippen LogP contribution in [-0.2, 0) is 14.8 Å². The minimum atomic E-state index is -3.64. The van der Waals surface area contributed by atoms with Crippen molar-refractivity contribution in [1.29, 1.82) is 0 Å². The number of nitrogens with two attached hydrogens (primary N) is 1. The van der Waals surface area contributed by atoms with E-state index in [-0.39, 0.29) is 10.8 Å². The summed E-state index contributed by atoms with van der Waals surface area (Å²) in [7, 11) is -3.64. The topological polar surface area (TPSA) is 156 Å². The molecule has 3 rings (SSSR count). The van der Waals surface area contributed by atoms with Crippen LogP contribution >= 0.6 is 15.9 Å². The highest BCUT2D eigenvalue weighted by molar-refractivity contribution is 9.10. The van der Waals surface area contributed by atoms with E-state index in [1.807, 2.05) is 32.9 Å². The van der Waals surface area contributed by atoms with E-state index in [1.165, 1.54) is 19.3 Å². The highest BCUT2D eigenvalue weighted by Crippen LogP contribution is 2.29. The number of unbranched alkanes of at least 4 members (excludes halogenated alkanes) is 8. The van der Waals surface area contributed by atoms with Crippen molar-refractivity contribution in [3.8, 4) is 0 Å². The average molecular weight is 702 g/mol. The maximum atomic E-state index is 12.9. The van der Waals surface area contributed by atoms with Gasteiger partial charge in [-0.05, 0) is 78.0 Å². The fourth-order valence-corrected chi connectivity index (χ4v) is 6.41. The van der Waals surface area contributed by atoms with Crippen LogP contribution < -0.4 is 21.1 Å². The molecule has 3 aromatic rings. The summed E-state index contributed by atoms with van der Waals surface area (Å²) in [5.41, 5.74) is 8.60. The summed E-state index contributed by atoms with van der Waals surface area (Å²) in [6.45, 7) is 5.94. The third kappa shape index (κ3) is 11.5. The molecule has 12 heteroatoms. The second kappa shape index (κ2) is 18.0. The summed E-state index contributed by atoms with van der Waals surface area (Å²) >= 11 is 3.44. The monoisotopic (exact) mass is 700 g/mol. The standard InChI is InChI=1S/C33H45BrN6O4S/c1-4-25(41)16-12-10-8-6-5-7-9-11-13-20-37-45(43,44)26-18-19-28(24(3)21-26)39-33-36-22-27(34)32(40-33)38-29-17-14-15-23(2)30(29)31(35)42/h14-15,17-19,21-22,37H,4-13,16,20H2,1-3H3,(H2,35,42)(H2,36,38,39,40). The summed E-state index contributed by atoms with van der Waals surface area (Å²) in [6.07, 6.45) is 12.6. The van der Waals surface area contributed by atoms with Crippen molar-refractivity contribution in [1.82, 2.24) is 14.7 Å². The lowest BCUT2D eigenvalue weighted by atomic mass is 10.0. The van der Waals surface area contributed by atoms with E-state index >= 15 is 0 Å². The molecule has 1 heterocycles. The van der Waals surface area contributed by atoms with E-state index in [0.717, 1.165) is 44.1 Å². The molecule has 5 N–H and O–H groups in total. The molecule has 45 heavy (non-hydrogen) atoms. The van der Waals surface area contributed by atoms with Crippen molar-refractivity contribution in [3.63, 3.8) is 0 Å². The van der Waals surface area contributed by atoms with Crippen molar-refractivity contribution in [2.45, 2.75) is 96.3 Å². The number of hydrogen-bond donors (Lipinski definition) is 4. The van der Waals surface area contributed by atoms with Crippen molar-refractivity contribution in [2.24, 2.45) is 5.73 Å². The van der Waals surface area contributed by atoms with Crippen LogP contribution in [0.5, 0.6) is 0 Å². The number of primary amides is 1. The van der Waals surface area contributed by atoms with Gasteiger partial charge in [-0.1, -0.05) is 64.0 Å². The van der Waals surface area contributed by atoms with Gasteiger partial charge in [0.05, 0.1) is 20.6 Å². The predicted octanol–water partition coefficient (Wildman–Crippen LogP) is 7.60. The van der Waals surface area contributed by atoms with Crippen molar-refractivity contribution in [3.05, 3.63) is 63.8 Å². The molecule has 1 aromatic heterocycles. The summed E-state index contributed by atoms with van der Waals surface area (Å²) < 4.78 is 29.1. The van der Waals surface area contributed by atoms with Crippen LogP contribution in [0.4, 0.5) is 23.1 Å². The molecule has 0 saturated heterocycles. The Labute approximate surface area is 275 Å². The lowest BCUT2D eigenvalue weighted by Crippen LogP contribution is -2.24. The Morgan fingerprint density at radius 3 is 2.18 bits per heavy atom. The Hall–Kier alpha value is -3.35. The second-order valence-electron chi connectivity index (χ2n) is 11.2. The number of Topliss-reactive ketones (excluding diaryl/α,β-unsaturated/α-hetero) is 1. The molecule has 0 aliphatic heterocycles. The largest absolute Gasteiger partial charge is 0.366 e. The third-order valence-corrected chi connectivity index (χ3v) is 9.63. The van der Waals surface area contributed by atoms with Gasteiger partial charge in [0.15, 0.2) is 0 Å². The Morgan fingerprint density at radius 2 is 1.53 bits per heavy atom. The highest BCUT2D eigenvalue weighted by Gasteiger charge is 2.17. The minimum absolute atomic E-state index is 0.198. The van der Waals surface area contributed by atoms with Gasteiger partial charge >= 0.3 is 0 Å². The molecule has 0 saturated carbocycles. The Morgan fingerprint density at radius 1 is 0.867 bits per heavy atom. The van der Waals surface area contributed by atoms with E-state index in [9.17, 15) is 18.0 Å². The molecule has 1 amide bonds. The molecule has 0 bridgehead atoms. The molecule has 2 aromatic carbocycles. The zero-order valence-electron chi connectivity index (χ0n) is 26.4. The van der Waals surface area contributed by atoms with E-state index < -0.39 is 15.9 Å². The van der Waals surface area contributed by atoms with Crippen LogP contribution in [0.2, 0.25) is 0 Å². The lowest BCUT2D eigenvalue weighted by molar-refractivity contribution is -0.118. The molecule has 0 spiro atoms. The van der Waals surface area contributed by atoms with Gasteiger partial charge in [0.25, 0.3) is 5.91 Å². The van der Waals surface area contributed by atoms with Crippen molar-refractivity contribution < 1.29 is 18.0 Å². The number of sulfonamides is 1. The lowest BCUT2D eigenvalue weighted by Gasteiger charge is -2.15. The van der Waals surface area contributed by atoms with Gasteiger partial charge in [-0.2, -0.15) is 4.98 Å². The van der Waals surface area contributed by atoms with E-state index in [2.05, 4.69) is 41.3 Å². The number of anilines is 4. The van der Waals surface area contributed by atoms with Crippen LogP contribution in [0.1, 0.15) is 99.0 Å². The van der Waals surface area contributed by atoms with Gasteiger partial charge < -0.3 is 16.4 Å². The molecule has 10 nitrogen and oxygen atoms in total. The normalized spacial score (nSPS) is 11.4. The predicted molar refractivity (Wildman–Crippen MR) is 184 cm³/mol. The summed E-state index contributed by atoms with van der Waals surface area (Å²) in [5.74, 6) is 0.523. The second-order valence-corrected chi connectivity index (χ2v) is 13.8. The number of amides is 1. The van der Waals surface area contributed by atoms with Gasteiger partial charge in [-0.15, -0.1) is 0 Å². The van der Waals surface area contributed by atoms with Crippen LogP contribution in [0.25, 0.3) is 0 Å². The van der Waals surface area contributed by atoms with Crippen LogP contribution in [0, 0.1) is 13.8 Å². The molecule has 0 aliphatic carbocycles. The number of aryl methyl sites for hydroxylation is 2. The third-order valence-electron chi connectivity index (χ3n) is 7.59. The number of halogens is 1. The molecule has 0 radical (unpaired) electrons. The number of benzene rings is 2. The van der Waals surface area contributed by atoms with Gasteiger partial charge in [0.2, 0.25) is 16.0 Å². The zero-order chi connectivity index (χ0) is 32.8. The molecule has 0 atom stereocenters. The number of carbonyl (C=O) groups excluding carboxylic acids is 2. The minimum Gasteiger partial charge on any atom is -0.366 e. The molecule has 244 valence electrons. The van der Waals surface area contributed by atoms with Gasteiger partial charge in [-0.3, -0.25) is 9.59 Å². The molecular weight excluding hydrogens is 656 g/mol. The van der Waals surface area contributed by atoms with Gasteiger partial charge in [0, 0.05) is 31.3 Å². The van der Waals surface area contributed by atoms with Crippen molar-refractivity contribution >= 4 is 60.8 Å². The van der Waals surface area contributed by atoms with Crippen LogP contribution in [0.3, 0.4) is 0 Å². The summed E-state index contributed by atoms with van der Waals surface area (Å²) in [6, 6.07) is 10.2. The maximum Gasteiger partial charge on any atom is 0.251 e. The van der Waals surface area contributed by atoms with E-state index in [0.29, 0.717) is 58.0 Å². The summed E-state index contributed by atoms with van der Waals surface area (Å²) in [5, 5.41) is 6.30. The number of ketones is 1. The number of aromatic nitrogens is 2. The quantitative estimate of drug-likeness (QED) is 0.0878. The van der Waals surface area contributed by atoms with Crippen molar-refractivity contribution in [2.75, 3.05) is 17.2 Å². The molecular formula is C33H45BrN6O4S. The van der Waals surface area contributed by atoms with Gasteiger partial charge in [0.1, 0.15) is 11.6 Å². The first-order valence-corrected chi connectivity index (χ1v) is 17.9. The Kier molecular flexibility index (Phi) is 14.4. The number of nitrogens with one attached hydrogen (secondary N) is 3. The van der Waals surface area contributed by atoms with E-state index in [1.54, 1.807) is 30.5 Å². The fourth-order valence-electron chi connectivity index (χ4n) is 4.96. The fraction of sp³-hybridized carbons (Fsp3) is 0.455. The molecule has 0 aliphatic rings. The molecule has 0 unspecified atom stereocenters. The SMILES string of the molecule is CCC(=O)CCCCCCCCCCCNS(=O)(=O)c1ccc(Nc2ncc(Br)c(Nc3cccc(C)c3C(N)=O)n2)c(C)c1. The molecule has 0 fully saturated rings. The number of rotatable bonds is 20. The summed E-state index contributed by atoms with van der Waals surface area (Å²) in [4.78, 5) is 32.4. The first-order chi connectivity index (χ1) is 21.5. The number of hydrogen-bond acceptors (Lipinski definition) is 8. The number of nitrogens with zero attached hydrogens (tertiary/aromatic N) is 2. The zero-order valence-corrected chi connectivity index (χ0v) is 28.8. The van der Waals surface area contributed by atoms with Gasteiger partial charge in [-0.25, -0.2) is 18.1 Å². The first kappa shape index (κ1) is 36.1.